The van der Waals surface area contributed by atoms with Crippen molar-refractivity contribution in [1.82, 2.24) is 4.90 Å². The highest BCUT2D eigenvalue weighted by Gasteiger charge is 2.11. The maximum absolute atomic E-state index is 8.75. The summed E-state index contributed by atoms with van der Waals surface area (Å²) in [5.41, 5.74) is 6.18. The summed E-state index contributed by atoms with van der Waals surface area (Å²) >= 11 is 0. The number of benzene rings is 1. The molecule has 6 nitrogen and oxygen atoms in total. The third-order valence-electron chi connectivity index (χ3n) is 3.61. The largest absolute Gasteiger partial charge is 0.497 e. The van der Waals surface area contributed by atoms with Crippen molar-refractivity contribution in [2.45, 2.75) is 19.3 Å². The van der Waals surface area contributed by atoms with Crippen LogP contribution >= 0.6 is 0 Å². The lowest BCUT2D eigenvalue weighted by Gasteiger charge is -2.15. The first-order chi connectivity index (χ1) is 10.2. The molecule has 0 spiro atoms. The van der Waals surface area contributed by atoms with Crippen molar-refractivity contribution in [3.63, 3.8) is 0 Å². The summed E-state index contributed by atoms with van der Waals surface area (Å²) < 4.78 is 10.9. The molecule has 6 heteroatoms. The van der Waals surface area contributed by atoms with Gasteiger partial charge < -0.3 is 25.3 Å². The van der Waals surface area contributed by atoms with E-state index in [9.17, 15) is 0 Å². The highest BCUT2D eigenvalue weighted by Crippen LogP contribution is 2.23. The van der Waals surface area contributed by atoms with Crippen LogP contribution in [0, 0.1) is 0 Å². The van der Waals surface area contributed by atoms with Crippen LogP contribution in [0.25, 0.3) is 0 Å². The molecule has 1 aliphatic heterocycles. The van der Waals surface area contributed by atoms with Crippen LogP contribution in [0.1, 0.15) is 24.8 Å². The van der Waals surface area contributed by atoms with Crippen molar-refractivity contribution in [3.8, 4) is 11.5 Å². The number of hydrogen-bond donors (Lipinski definition) is 2. The number of amidine groups is 1. The summed E-state index contributed by atoms with van der Waals surface area (Å²) in [4.78, 5) is 2.46. The van der Waals surface area contributed by atoms with Gasteiger partial charge in [-0.1, -0.05) is 5.16 Å². The minimum Gasteiger partial charge on any atom is -0.497 e. The van der Waals surface area contributed by atoms with E-state index in [1.807, 2.05) is 0 Å². The van der Waals surface area contributed by atoms with E-state index in [2.05, 4.69) is 10.1 Å². The van der Waals surface area contributed by atoms with Crippen molar-refractivity contribution in [2.24, 2.45) is 10.9 Å². The van der Waals surface area contributed by atoms with Crippen LogP contribution in [0.4, 0.5) is 0 Å². The molecule has 0 aromatic heterocycles. The molecule has 0 radical (unpaired) electrons. The fourth-order valence-corrected chi connectivity index (χ4v) is 2.46. The van der Waals surface area contributed by atoms with E-state index in [0.29, 0.717) is 23.7 Å². The van der Waals surface area contributed by atoms with Gasteiger partial charge in [-0.25, -0.2) is 0 Å². The van der Waals surface area contributed by atoms with Crippen molar-refractivity contribution >= 4 is 5.84 Å². The summed E-state index contributed by atoms with van der Waals surface area (Å²) in [5.74, 6) is 1.32. The zero-order valence-electron chi connectivity index (χ0n) is 12.4. The van der Waals surface area contributed by atoms with Crippen LogP contribution in [0.2, 0.25) is 0 Å². The topological polar surface area (TPSA) is 80.3 Å². The number of likely N-dealkylation sites (tertiary alicyclic amines) is 1. The molecule has 1 aromatic rings. The molecule has 0 bridgehead atoms. The molecular formula is C15H23N3O3. The first-order valence-corrected chi connectivity index (χ1v) is 7.25. The molecule has 1 fully saturated rings. The third-order valence-corrected chi connectivity index (χ3v) is 3.61. The highest BCUT2D eigenvalue weighted by molar-refractivity contribution is 5.97. The van der Waals surface area contributed by atoms with E-state index in [1.54, 1.807) is 25.3 Å². The van der Waals surface area contributed by atoms with Gasteiger partial charge in [0.05, 0.1) is 13.7 Å². The quantitative estimate of drug-likeness (QED) is 0.263. The predicted molar refractivity (Wildman–Crippen MR) is 81.3 cm³/mol. The Labute approximate surface area is 125 Å². The molecule has 1 aromatic carbocycles. The van der Waals surface area contributed by atoms with Gasteiger partial charge in [0.25, 0.3) is 0 Å². The molecule has 1 saturated heterocycles. The van der Waals surface area contributed by atoms with Gasteiger partial charge >= 0.3 is 0 Å². The van der Waals surface area contributed by atoms with Crippen LogP contribution in [0.5, 0.6) is 11.5 Å². The SMILES string of the molecule is COc1cc(OCCCN2CCCC2)cc(/C(N)=N/O)c1. The van der Waals surface area contributed by atoms with Crippen LogP contribution < -0.4 is 15.2 Å². The number of nitrogens with two attached hydrogens (primary N) is 1. The molecule has 2 rings (SSSR count). The Morgan fingerprint density at radius 1 is 1.29 bits per heavy atom. The summed E-state index contributed by atoms with van der Waals surface area (Å²) in [5, 5.41) is 11.8. The number of hydrogen-bond acceptors (Lipinski definition) is 5. The zero-order chi connectivity index (χ0) is 15.1. The van der Waals surface area contributed by atoms with Crippen molar-refractivity contribution in [3.05, 3.63) is 23.8 Å². The second-order valence-electron chi connectivity index (χ2n) is 5.13. The van der Waals surface area contributed by atoms with Crippen molar-refractivity contribution in [2.75, 3.05) is 33.4 Å². The maximum atomic E-state index is 8.75. The second kappa shape index (κ2) is 7.73. The Kier molecular flexibility index (Phi) is 5.68. The van der Waals surface area contributed by atoms with Gasteiger partial charge in [0.1, 0.15) is 11.5 Å². The molecule has 21 heavy (non-hydrogen) atoms. The Bertz CT molecular complexity index is 485. The molecule has 0 saturated carbocycles. The summed E-state index contributed by atoms with van der Waals surface area (Å²) in [6, 6.07) is 5.24. The fraction of sp³-hybridized carbons (Fsp3) is 0.533. The molecule has 0 aliphatic carbocycles. The minimum absolute atomic E-state index is 0.0378. The molecule has 0 unspecified atom stereocenters. The Morgan fingerprint density at radius 2 is 2.00 bits per heavy atom. The summed E-state index contributed by atoms with van der Waals surface area (Å²) in [6.07, 6.45) is 3.59. The number of rotatable bonds is 7. The number of methoxy groups -OCH3 is 1. The van der Waals surface area contributed by atoms with Crippen LogP contribution in [-0.4, -0.2) is 49.3 Å². The third kappa shape index (κ3) is 4.53. The predicted octanol–water partition coefficient (Wildman–Crippen LogP) is 1.65. The Hall–Kier alpha value is -1.95. The fourth-order valence-electron chi connectivity index (χ4n) is 2.46. The van der Waals surface area contributed by atoms with Crippen molar-refractivity contribution < 1.29 is 14.7 Å². The minimum atomic E-state index is 0.0378. The second-order valence-corrected chi connectivity index (χ2v) is 5.13. The van der Waals surface area contributed by atoms with Gasteiger partial charge in [0.15, 0.2) is 5.84 Å². The molecule has 1 aliphatic rings. The van der Waals surface area contributed by atoms with E-state index in [4.69, 9.17) is 20.4 Å². The monoisotopic (exact) mass is 293 g/mol. The molecule has 1 heterocycles. The lowest BCUT2D eigenvalue weighted by molar-refractivity contribution is 0.262. The lowest BCUT2D eigenvalue weighted by Crippen LogP contribution is -2.22. The summed E-state index contributed by atoms with van der Waals surface area (Å²) in [6.45, 7) is 4.11. The van der Waals surface area contributed by atoms with E-state index in [0.717, 1.165) is 13.0 Å². The van der Waals surface area contributed by atoms with E-state index in [1.165, 1.54) is 25.9 Å². The van der Waals surface area contributed by atoms with E-state index < -0.39 is 0 Å². The summed E-state index contributed by atoms with van der Waals surface area (Å²) in [7, 11) is 1.57. The van der Waals surface area contributed by atoms with Gasteiger partial charge in [-0.2, -0.15) is 0 Å². The van der Waals surface area contributed by atoms with Gasteiger partial charge in [-0.05, 0) is 44.5 Å². The molecule has 0 atom stereocenters. The number of ether oxygens (including phenoxy) is 2. The lowest BCUT2D eigenvalue weighted by atomic mass is 10.2. The smallest absolute Gasteiger partial charge is 0.170 e. The van der Waals surface area contributed by atoms with Gasteiger partial charge in [0.2, 0.25) is 0 Å². The molecule has 0 amide bonds. The van der Waals surface area contributed by atoms with Gasteiger partial charge in [-0.15, -0.1) is 0 Å². The standard InChI is InChI=1S/C15H23N3O3/c1-20-13-9-12(15(16)17-19)10-14(11-13)21-8-4-7-18-5-2-3-6-18/h9-11,19H,2-8H2,1H3,(H2,16,17). The molecule has 116 valence electrons. The van der Waals surface area contributed by atoms with E-state index >= 15 is 0 Å². The number of nitrogens with zero attached hydrogens (tertiary/aromatic N) is 2. The normalized spacial score (nSPS) is 16.1. The molecule has 3 N–H and O–H groups in total. The Morgan fingerprint density at radius 3 is 2.67 bits per heavy atom. The maximum Gasteiger partial charge on any atom is 0.170 e. The average molecular weight is 293 g/mol. The van der Waals surface area contributed by atoms with Crippen LogP contribution in [-0.2, 0) is 0 Å². The van der Waals surface area contributed by atoms with Gasteiger partial charge in [-0.3, -0.25) is 0 Å². The number of oxime groups is 1. The Balaban J connectivity index is 1.89. The van der Waals surface area contributed by atoms with Crippen LogP contribution in [0.3, 0.4) is 0 Å². The van der Waals surface area contributed by atoms with Crippen molar-refractivity contribution in [1.29, 1.82) is 0 Å². The first-order valence-electron chi connectivity index (χ1n) is 7.25. The van der Waals surface area contributed by atoms with Gasteiger partial charge in [0, 0.05) is 18.2 Å². The average Bonchev–Trinajstić information content (AvgIpc) is 3.03. The first kappa shape index (κ1) is 15.4. The molecular weight excluding hydrogens is 270 g/mol. The van der Waals surface area contributed by atoms with Crippen LogP contribution in [0.15, 0.2) is 23.4 Å². The zero-order valence-corrected chi connectivity index (χ0v) is 12.4. The van der Waals surface area contributed by atoms with E-state index in [-0.39, 0.29) is 5.84 Å². The highest BCUT2D eigenvalue weighted by atomic mass is 16.5.